The van der Waals surface area contributed by atoms with Crippen molar-refractivity contribution in [1.29, 1.82) is 0 Å². The summed E-state index contributed by atoms with van der Waals surface area (Å²) >= 11 is 0. The fourth-order valence-electron chi connectivity index (χ4n) is 2.79. The molecule has 0 unspecified atom stereocenters. The van der Waals surface area contributed by atoms with Gasteiger partial charge in [-0.05, 0) is 32.1 Å². The van der Waals surface area contributed by atoms with Gasteiger partial charge in [-0.15, -0.1) is 0 Å². The summed E-state index contributed by atoms with van der Waals surface area (Å²) in [6.07, 6.45) is 6.36. The molecule has 2 heterocycles. The van der Waals surface area contributed by atoms with Crippen LogP contribution >= 0.6 is 0 Å². The van der Waals surface area contributed by atoms with Crippen LogP contribution in [0, 0.1) is 0 Å². The first-order valence-corrected chi connectivity index (χ1v) is 8.35. The lowest BCUT2D eigenvalue weighted by Gasteiger charge is -2.36. The van der Waals surface area contributed by atoms with Gasteiger partial charge < -0.3 is 10.7 Å². The summed E-state index contributed by atoms with van der Waals surface area (Å²) in [5.74, 6) is 1.75. The molecule has 0 radical (unpaired) electrons. The van der Waals surface area contributed by atoms with Crippen LogP contribution in [-0.2, 0) is 15.4 Å². The van der Waals surface area contributed by atoms with Crippen molar-refractivity contribution in [3.63, 3.8) is 0 Å². The minimum absolute atomic E-state index is 0.265. The average molecular weight is 269 g/mol. The molecule has 5 nitrogen and oxygen atoms in total. The minimum Gasteiger partial charge on any atom is -0.344 e. The minimum atomic E-state index is -2.80. The Kier molecular flexibility index (Phi) is 2.75. The zero-order valence-electron chi connectivity index (χ0n) is 10.4. The van der Waals surface area contributed by atoms with Crippen LogP contribution in [0.5, 0.6) is 0 Å². The standard InChI is InChI=1S/C12H19N3O2S/c13-12(4-1-5-12)11-14-8-10(15-11)9-2-6-18(16,17)7-3-9/h8-9H,1-7,13H2,(H,14,15). The highest BCUT2D eigenvalue weighted by atomic mass is 32.2. The van der Waals surface area contributed by atoms with E-state index in [1.54, 1.807) is 0 Å². The molecule has 1 aromatic heterocycles. The molecule has 1 aliphatic carbocycles. The van der Waals surface area contributed by atoms with E-state index in [0.29, 0.717) is 30.3 Å². The largest absolute Gasteiger partial charge is 0.344 e. The van der Waals surface area contributed by atoms with Gasteiger partial charge in [-0.3, -0.25) is 0 Å². The van der Waals surface area contributed by atoms with Crippen LogP contribution < -0.4 is 5.73 Å². The number of aromatic nitrogens is 2. The van der Waals surface area contributed by atoms with E-state index < -0.39 is 9.84 Å². The Labute approximate surface area is 107 Å². The Bertz CT molecular complexity index is 531. The topological polar surface area (TPSA) is 88.8 Å². The second kappa shape index (κ2) is 4.06. The van der Waals surface area contributed by atoms with Gasteiger partial charge >= 0.3 is 0 Å². The van der Waals surface area contributed by atoms with Crippen molar-refractivity contribution in [2.75, 3.05) is 11.5 Å². The highest BCUT2D eigenvalue weighted by Crippen LogP contribution is 2.38. The van der Waals surface area contributed by atoms with Gasteiger partial charge in [0.1, 0.15) is 15.7 Å². The summed E-state index contributed by atoms with van der Waals surface area (Å²) in [5, 5.41) is 0. The summed E-state index contributed by atoms with van der Waals surface area (Å²) < 4.78 is 22.8. The Morgan fingerprint density at radius 3 is 2.56 bits per heavy atom. The Morgan fingerprint density at radius 1 is 1.33 bits per heavy atom. The Balaban J connectivity index is 1.74. The number of nitrogens with zero attached hydrogens (tertiary/aromatic N) is 1. The first-order chi connectivity index (χ1) is 8.49. The zero-order chi connectivity index (χ0) is 12.8. The molecule has 0 atom stereocenters. The summed E-state index contributed by atoms with van der Waals surface area (Å²) in [6.45, 7) is 0. The van der Waals surface area contributed by atoms with Crippen LogP contribution in [0.3, 0.4) is 0 Å². The van der Waals surface area contributed by atoms with E-state index in [-0.39, 0.29) is 5.54 Å². The number of imidazole rings is 1. The number of nitrogens with two attached hydrogens (primary N) is 1. The van der Waals surface area contributed by atoms with E-state index in [1.807, 2.05) is 6.20 Å². The van der Waals surface area contributed by atoms with E-state index in [4.69, 9.17) is 5.73 Å². The van der Waals surface area contributed by atoms with Crippen LogP contribution in [0.2, 0.25) is 0 Å². The van der Waals surface area contributed by atoms with Gasteiger partial charge in [0, 0.05) is 17.8 Å². The van der Waals surface area contributed by atoms with Crippen LogP contribution in [0.15, 0.2) is 6.20 Å². The second-order valence-electron chi connectivity index (χ2n) is 5.62. The normalized spacial score (nSPS) is 26.7. The maximum absolute atomic E-state index is 11.4. The third-order valence-corrected chi connectivity index (χ3v) is 6.02. The van der Waals surface area contributed by atoms with E-state index in [9.17, 15) is 8.42 Å². The molecule has 0 aromatic carbocycles. The van der Waals surface area contributed by atoms with Crippen molar-refractivity contribution < 1.29 is 8.42 Å². The van der Waals surface area contributed by atoms with Gasteiger partial charge in [0.25, 0.3) is 0 Å². The monoisotopic (exact) mass is 269 g/mol. The third kappa shape index (κ3) is 2.07. The lowest BCUT2D eigenvalue weighted by atomic mass is 9.77. The number of aromatic amines is 1. The first kappa shape index (κ1) is 12.2. The van der Waals surface area contributed by atoms with Gasteiger partial charge in [-0.1, -0.05) is 0 Å². The molecule has 100 valence electrons. The fourth-order valence-corrected chi connectivity index (χ4v) is 4.28. The van der Waals surface area contributed by atoms with E-state index in [0.717, 1.165) is 30.8 Å². The smallest absolute Gasteiger partial charge is 0.150 e. The second-order valence-corrected chi connectivity index (χ2v) is 7.93. The van der Waals surface area contributed by atoms with Gasteiger partial charge in [0.2, 0.25) is 0 Å². The van der Waals surface area contributed by atoms with E-state index in [1.165, 1.54) is 0 Å². The van der Waals surface area contributed by atoms with Gasteiger partial charge in [-0.25, -0.2) is 13.4 Å². The van der Waals surface area contributed by atoms with Crippen LogP contribution in [0.25, 0.3) is 0 Å². The highest BCUT2D eigenvalue weighted by molar-refractivity contribution is 7.91. The highest BCUT2D eigenvalue weighted by Gasteiger charge is 2.37. The van der Waals surface area contributed by atoms with E-state index >= 15 is 0 Å². The van der Waals surface area contributed by atoms with Crippen LogP contribution in [-0.4, -0.2) is 29.9 Å². The summed E-state index contributed by atoms with van der Waals surface area (Å²) in [4.78, 5) is 7.71. The lowest BCUT2D eigenvalue weighted by molar-refractivity contribution is 0.239. The van der Waals surface area contributed by atoms with Crippen molar-refractivity contribution >= 4 is 9.84 Å². The molecule has 0 amide bonds. The predicted molar refractivity (Wildman–Crippen MR) is 68.9 cm³/mol. The molecule has 1 aromatic rings. The van der Waals surface area contributed by atoms with Crippen molar-refractivity contribution in [2.45, 2.75) is 43.6 Å². The fraction of sp³-hybridized carbons (Fsp3) is 0.750. The zero-order valence-corrected chi connectivity index (χ0v) is 11.2. The SMILES string of the molecule is NC1(c2ncc(C3CCS(=O)(=O)CC3)[nH]2)CCC1. The first-order valence-electron chi connectivity index (χ1n) is 6.53. The van der Waals surface area contributed by atoms with Gasteiger partial charge in [0.05, 0.1) is 17.0 Å². The Morgan fingerprint density at radius 2 is 2.00 bits per heavy atom. The van der Waals surface area contributed by atoms with Crippen molar-refractivity contribution in [3.8, 4) is 0 Å². The van der Waals surface area contributed by atoms with Crippen LogP contribution in [0.1, 0.15) is 49.5 Å². The maximum atomic E-state index is 11.4. The van der Waals surface area contributed by atoms with E-state index in [2.05, 4.69) is 9.97 Å². The van der Waals surface area contributed by atoms with Gasteiger partial charge in [0.15, 0.2) is 0 Å². The number of hydrogen-bond donors (Lipinski definition) is 2. The molecule has 2 aliphatic rings. The molecule has 3 rings (SSSR count). The molecular weight excluding hydrogens is 250 g/mol. The van der Waals surface area contributed by atoms with Gasteiger partial charge in [-0.2, -0.15) is 0 Å². The average Bonchev–Trinajstić information content (AvgIpc) is 2.75. The molecule has 0 bridgehead atoms. The molecule has 1 saturated heterocycles. The van der Waals surface area contributed by atoms with Crippen molar-refractivity contribution in [2.24, 2.45) is 5.73 Å². The van der Waals surface area contributed by atoms with Crippen molar-refractivity contribution in [3.05, 3.63) is 17.7 Å². The molecule has 6 heteroatoms. The maximum Gasteiger partial charge on any atom is 0.150 e. The molecular formula is C12H19N3O2S. The number of sulfone groups is 1. The summed E-state index contributed by atoms with van der Waals surface area (Å²) in [5.41, 5.74) is 7.01. The van der Waals surface area contributed by atoms with Crippen LogP contribution in [0.4, 0.5) is 0 Å². The number of hydrogen-bond acceptors (Lipinski definition) is 4. The molecule has 2 fully saturated rings. The molecule has 1 aliphatic heterocycles. The lowest BCUT2D eigenvalue weighted by Crippen LogP contribution is -2.44. The molecule has 3 N–H and O–H groups in total. The Hall–Kier alpha value is -0.880. The predicted octanol–water partition coefficient (Wildman–Crippen LogP) is 1.04. The summed E-state index contributed by atoms with van der Waals surface area (Å²) in [7, 11) is -2.80. The molecule has 18 heavy (non-hydrogen) atoms. The third-order valence-electron chi connectivity index (χ3n) is 4.31. The number of H-pyrrole nitrogens is 1. The number of rotatable bonds is 2. The summed E-state index contributed by atoms with van der Waals surface area (Å²) in [6, 6.07) is 0. The quantitative estimate of drug-likeness (QED) is 0.839. The van der Waals surface area contributed by atoms with Crippen molar-refractivity contribution in [1.82, 2.24) is 9.97 Å². The molecule has 1 saturated carbocycles. The molecule has 0 spiro atoms. The number of nitrogens with one attached hydrogen (secondary N) is 1.